The quantitative estimate of drug-likeness (QED) is 0.478. The maximum Gasteiger partial charge on any atom is 0.416 e. The number of hydrogen-bond donors (Lipinski definition) is 1. The number of nitrogens with zero attached hydrogens (tertiary/aromatic N) is 2. The monoisotopic (exact) mass is 455 g/mol. The fourth-order valence-electron chi connectivity index (χ4n) is 3.23. The maximum atomic E-state index is 13.0. The second-order valence-corrected chi connectivity index (χ2v) is 7.10. The molecular formula is C22H19F6N3O. The van der Waals surface area contributed by atoms with Crippen molar-refractivity contribution in [3.05, 3.63) is 82.7 Å². The number of halogens is 6. The van der Waals surface area contributed by atoms with Crippen molar-refractivity contribution in [3.63, 3.8) is 0 Å². The highest BCUT2D eigenvalue weighted by Gasteiger charge is 2.36. The lowest BCUT2D eigenvalue weighted by molar-refractivity contribution is -0.143. The van der Waals surface area contributed by atoms with Gasteiger partial charge in [0.25, 0.3) is 5.91 Å². The van der Waals surface area contributed by atoms with Gasteiger partial charge in [-0.15, -0.1) is 0 Å². The predicted octanol–water partition coefficient (Wildman–Crippen LogP) is 5.79. The normalized spacial score (nSPS) is 12.1. The van der Waals surface area contributed by atoms with E-state index in [-0.39, 0.29) is 17.2 Å². The summed E-state index contributed by atoms with van der Waals surface area (Å²) in [5.74, 6) is -0.637. The van der Waals surface area contributed by atoms with Crippen LogP contribution in [0.2, 0.25) is 0 Å². The SMILES string of the molecule is CCCc1c(C(=O)NCc2cc(C(F)(F)F)cc(C(F)(F)F)c2)cnn1-c1ccccc1. The minimum Gasteiger partial charge on any atom is -0.348 e. The fourth-order valence-corrected chi connectivity index (χ4v) is 3.23. The Morgan fingerprint density at radius 1 is 0.969 bits per heavy atom. The van der Waals surface area contributed by atoms with E-state index in [1.807, 2.05) is 13.0 Å². The molecule has 0 bridgehead atoms. The first-order chi connectivity index (χ1) is 15.0. The van der Waals surface area contributed by atoms with Crippen LogP contribution in [0, 0.1) is 0 Å². The van der Waals surface area contributed by atoms with Crippen LogP contribution in [0.3, 0.4) is 0 Å². The Morgan fingerprint density at radius 3 is 2.09 bits per heavy atom. The van der Waals surface area contributed by atoms with Crippen LogP contribution < -0.4 is 5.32 Å². The molecule has 0 fully saturated rings. The van der Waals surface area contributed by atoms with E-state index >= 15 is 0 Å². The number of aromatic nitrogens is 2. The molecule has 0 aliphatic rings. The van der Waals surface area contributed by atoms with Gasteiger partial charge < -0.3 is 5.32 Å². The molecule has 0 saturated carbocycles. The molecular weight excluding hydrogens is 436 g/mol. The van der Waals surface area contributed by atoms with E-state index in [0.29, 0.717) is 30.7 Å². The Hall–Kier alpha value is -3.30. The number of carbonyl (C=O) groups excluding carboxylic acids is 1. The van der Waals surface area contributed by atoms with E-state index in [4.69, 9.17) is 0 Å². The largest absolute Gasteiger partial charge is 0.416 e. The first-order valence-electron chi connectivity index (χ1n) is 9.69. The molecule has 0 unspecified atom stereocenters. The number of benzene rings is 2. The zero-order chi connectivity index (χ0) is 23.5. The summed E-state index contributed by atoms with van der Waals surface area (Å²) < 4.78 is 79.8. The smallest absolute Gasteiger partial charge is 0.348 e. The molecule has 170 valence electrons. The van der Waals surface area contributed by atoms with Crippen LogP contribution in [0.1, 0.15) is 46.1 Å². The third-order valence-electron chi connectivity index (χ3n) is 4.70. The summed E-state index contributed by atoms with van der Waals surface area (Å²) in [6.07, 6.45) is -7.38. The van der Waals surface area contributed by atoms with E-state index in [0.717, 1.165) is 5.69 Å². The molecule has 32 heavy (non-hydrogen) atoms. The van der Waals surface area contributed by atoms with Gasteiger partial charge in [0.05, 0.1) is 34.3 Å². The Morgan fingerprint density at radius 2 is 1.56 bits per heavy atom. The number of nitrogens with one attached hydrogen (secondary N) is 1. The van der Waals surface area contributed by atoms with Gasteiger partial charge in [-0.3, -0.25) is 4.79 Å². The van der Waals surface area contributed by atoms with Crippen molar-refractivity contribution in [2.24, 2.45) is 0 Å². The standard InChI is InChI=1S/C22H19F6N3O/c1-2-6-19-18(13-30-31(19)17-7-4-3-5-8-17)20(32)29-12-14-9-15(21(23,24)25)11-16(10-14)22(26,27)28/h3-5,7-11,13H,2,6,12H2,1H3,(H,29,32). The van der Waals surface area contributed by atoms with Crippen LogP contribution in [0.5, 0.6) is 0 Å². The molecule has 4 nitrogen and oxygen atoms in total. The van der Waals surface area contributed by atoms with Crippen molar-refractivity contribution in [1.82, 2.24) is 15.1 Å². The molecule has 1 heterocycles. The summed E-state index contributed by atoms with van der Waals surface area (Å²) in [7, 11) is 0. The third-order valence-corrected chi connectivity index (χ3v) is 4.70. The number of para-hydroxylation sites is 1. The fraction of sp³-hybridized carbons (Fsp3) is 0.273. The van der Waals surface area contributed by atoms with E-state index in [9.17, 15) is 31.1 Å². The van der Waals surface area contributed by atoms with Crippen LogP contribution in [-0.4, -0.2) is 15.7 Å². The minimum absolute atomic E-state index is 0.0502. The summed E-state index contributed by atoms with van der Waals surface area (Å²) in [5.41, 5.74) is -1.65. The van der Waals surface area contributed by atoms with Gasteiger partial charge in [0.15, 0.2) is 0 Å². The van der Waals surface area contributed by atoms with Crippen LogP contribution >= 0.6 is 0 Å². The van der Waals surface area contributed by atoms with Gasteiger partial charge in [0.2, 0.25) is 0 Å². The van der Waals surface area contributed by atoms with E-state index in [1.165, 1.54) is 6.20 Å². The van der Waals surface area contributed by atoms with Crippen molar-refractivity contribution < 1.29 is 31.1 Å². The van der Waals surface area contributed by atoms with Crippen molar-refractivity contribution in [2.45, 2.75) is 38.7 Å². The van der Waals surface area contributed by atoms with Gasteiger partial charge in [0.1, 0.15) is 0 Å². The van der Waals surface area contributed by atoms with Gasteiger partial charge in [-0.2, -0.15) is 31.4 Å². The average molecular weight is 455 g/mol. The first kappa shape index (κ1) is 23.4. The molecule has 2 aromatic carbocycles. The Balaban J connectivity index is 1.87. The van der Waals surface area contributed by atoms with Crippen molar-refractivity contribution in [2.75, 3.05) is 0 Å². The van der Waals surface area contributed by atoms with Gasteiger partial charge in [-0.25, -0.2) is 4.68 Å². The van der Waals surface area contributed by atoms with Crippen molar-refractivity contribution in [1.29, 1.82) is 0 Å². The molecule has 1 aromatic heterocycles. The number of carbonyl (C=O) groups is 1. The van der Waals surface area contributed by atoms with Gasteiger partial charge in [-0.05, 0) is 42.3 Å². The molecule has 0 aliphatic carbocycles. The molecule has 0 radical (unpaired) electrons. The molecule has 0 saturated heterocycles. The minimum atomic E-state index is -4.95. The van der Waals surface area contributed by atoms with E-state index < -0.39 is 35.9 Å². The average Bonchev–Trinajstić information content (AvgIpc) is 3.15. The summed E-state index contributed by atoms with van der Waals surface area (Å²) in [6.45, 7) is 1.40. The molecule has 3 aromatic rings. The van der Waals surface area contributed by atoms with Gasteiger partial charge in [0, 0.05) is 6.54 Å². The van der Waals surface area contributed by atoms with Crippen molar-refractivity contribution in [3.8, 4) is 5.69 Å². The number of rotatable bonds is 6. The van der Waals surface area contributed by atoms with Gasteiger partial charge >= 0.3 is 12.4 Å². The molecule has 1 amide bonds. The molecule has 1 N–H and O–H groups in total. The number of hydrogen-bond acceptors (Lipinski definition) is 2. The lowest BCUT2D eigenvalue weighted by atomic mass is 10.0. The maximum absolute atomic E-state index is 13.0. The second kappa shape index (κ2) is 9.05. The van der Waals surface area contributed by atoms with Gasteiger partial charge in [-0.1, -0.05) is 31.5 Å². The highest BCUT2D eigenvalue weighted by Crippen LogP contribution is 2.36. The molecule has 10 heteroatoms. The van der Waals surface area contributed by atoms with Crippen LogP contribution in [0.15, 0.2) is 54.7 Å². The second-order valence-electron chi connectivity index (χ2n) is 7.10. The number of amides is 1. The highest BCUT2D eigenvalue weighted by molar-refractivity contribution is 5.95. The topological polar surface area (TPSA) is 46.9 Å². The summed E-state index contributed by atoms with van der Waals surface area (Å²) in [4.78, 5) is 12.7. The van der Waals surface area contributed by atoms with E-state index in [1.54, 1.807) is 28.9 Å². The summed E-state index contributed by atoms with van der Waals surface area (Å²) in [5, 5.41) is 6.64. The predicted molar refractivity (Wildman–Crippen MR) is 105 cm³/mol. The van der Waals surface area contributed by atoms with Crippen LogP contribution in [0.4, 0.5) is 26.3 Å². The zero-order valence-electron chi connectivity index (χ0n) is 16.9. The summed E-state index contributed by atoms with van der Waals surface area (Å²) in [6, 6.07) is 10.3. The molecule has 0 atom stereocenters. The lowest BCUT2D eigenvalue weighted by Crippen LogP contribution is -2.24. The van der Waals surface area contributed by atoms with Crippen molar-refractivity contribution >= 4 is 5.91 Å². The Bertz CT molecular complexity index is 1060. The molecule has 0 spiro atoms. The molecule has 3 rings (SSSR count). The third kappa shape index (κ3) is 5.30. The highest BCUT2D eigenvalue weighted by atomic mass is 19.4. The number of alkyl halides is 6. The Labute approximate surface area is 179 Å². The first-order valence-corrected chi connectivity index (χ1v) is 9.69. The Kier molecular flexibility index (Phi) is 6.61. The van der Waals surface area contributed by atoms with E-state index in [2.05, 4.69) is 10.4 Å². The van der Waals surface area contributed by atoms with Crippen LogP contribution in [0.25, 0.3) is 5.69 Å². The summed E-state index contributed by atoms with van der Waals surface area (Å²) >= 11 is 0. The van der Waals surface area contributed by atoms with Crippen LogP contribution in [-0.2, 0) is 25.3 Å². The molecule has 0 aliphatic heterocycles. The lowest BCUT2D eigenvalue weighted by Gasteiger charge is -2.15. The zero-order valence-corrected chi connectivity index (χ0v) is 16.9.